The molecule has 0 fully saturated rings. The molecule has 0 saturated heterocycles. The van der Waals surface area contributed by atoms with Gasteiger partial charge in [-0.2, -0.15) is 5.53 Å². The molecule has 0 aromatic carbocycles. The third-order valence-electron chi connectivity index (χ3n) is 1.28. The summed E-state index contributed by atoms with van der Waals surface area (Å²) in [4.78, 5) is 4.20. The van der Waals surface area contributed by atoms with Gasteiger partial charge >= 0.3 is 0 Å². The zero-order chi connectivity index (χ0) is 8.53. The molecule has 0 aromatic rings. The van der Waals surface area contributed by atoms with E-state index in [2.05, 4.69) is 22.9 Å². The van der Waals surface area contributed by atoms with Gasteiger partial charge in [0.2, 0.25) is 0 Å². The largest absolute Gasteiger partial charge is 0.296 e. The van der Waals surface area contributed by atoms with Gasteiger partial charge in [0.05, 0.1) is 6.04 Å². The first-order valence-electron chi connectivity index (χ1n) is 4.02. The number of aliphatic imine (C=N–C) groups is 1. The second kappa shape index (κ2) is 7.65. The van der Waals surface area contributed by atoms with Crippen LogP contribution < -0.4 is 16.8 Å². The Labute approximate surface area is 68.2 Å². The van der Waals surface area contributed by atoms with E-state index in [0.717, 1.165) is 13.0 Å². The Bertz CT molecular complexity index is 103. The maximum absolute atomic E-state index is 5.04. The Balaban J connectivity index is 3.24. The Hall–Kier alpha value is -0.450. The molecule has 0 radical (unpaired) electrons. The van der Waals surface area contributed by atoms with E-state index in [0.29, 0.717) is 0 Å². The molecule has 66 valence electrons. The van der Waals surface area contributed by atoms with E-state index in [1.165, 1.54) is 6.42 Å². The van der Waals surface area contributed by atoms with Crippen LogP contribution >= 0.6 is 0 Å². The Morgan fingerprint density at radius 3 is 2.91 bits per heavy atom. The highest BCUT2D eigenvalue weighted by atomic mass is 15.5. The maximum Gasteiger partial charge on any atom is 0.0545 e. The first-order chi connectivity index (χ1) is 5.31. The van der Waals surface area contributed by atoms with Gasteiger partial charge in [-0.05, 0) is 13.3 Å². The Morgan fingerprint density at radius 2 is 2.36 bits per heavy atom. The van der Waals surface area contributed by atoms with E-state index in [1.807, 2.05) is 13.1 Å². The van der Waals surface area contributed by atoms with E-state index in [9.17, 15) is 0 Å². The van der Waals surface area contributed by atoms with Crippen molar-refractivity contribution in [1.82, 2.24) is 11.0 Å². The van der Waals surface area contributed by atoms with E-state index in [4.69, 9.17) is 5.84 Å². The average molecular weight is 158 g/mol. The molecule has 0 rings (SSSR count). The van der Waals surface area contributed by atoms with Crippen LogP contribution in [0, 0.1) is 0 Å². The molecule has 0 heterocycles. The van der Waals surface area contributed by atoms with Crippen molar-refractivity contribution in [2.45, 2.75) is 32.7 Å². The number of nitrogens with one attached hydrogen (secondary N) is 2. The number of hydrogen-bond acceptors (Lipinski definition) is 4. The van der Waals surface area contributed by atoms with Gasteiger partial charge in [0.1, 0.15) is 0 Å². The molecule has 0 aliphatic heterocycles. The number of nitrogens with zero attached hydrogens (tertiary/aromatic N) is 1. The minimum atomic E-state index is 0.192. The van der Waals surface area contributed by atoms with Crippen molar-refractivity contribution in [3.05, 3.63) is 0 Å². The van der Waals surface area contributed by atoms with Gasteiger partial charge in [0.25, 0.3) is 0 Å². The minimum absolute atomic E-state index is 0.192. The number of rotatable bonds is 6. The van der Waals surface area contributed by atoms with Crippen molar-refractivity contribution in [3.63, 3.8) is 0 Å². The molecule has 0 saturated carbocycles. The monoisotopic (exact) mass is 158 g/mol. The second-order valence-corrected chi connectivity index (χ2v) is 2.49. The maximum atomic E-state index is 5.04. The molecule has 0 aromatic heterocycles. The Kier molecular flexibility index (Phi) is 7.34. The molecule has 4 nitrogen and oxygen atoms in total. The molecule has 0 amide bonds. The first-order valence-corrected chi connectivity index (χ1v) is 4.02. The standard InChI is InChI=1S/C7H18N4/c1-3-4-5-9-6-7(2)10-11-8/h6-7,10-11H,3-5,8H2,1-2H3/t7-/m0/s1. The normalized spacial score (nSPS) is 14.1. The minimum Gasteiger partial charge on any atom is -0.296 e. The quantitative estimate of drug-likeness (QED) is 0.224. The Morgan fingerprint density at radius 1 is 1.64 bits per heavy atom. The van der Waals surface area contributed by atoms with Crippen molar-refractivity contribution < 1.29 is 0 Å². The van der Waals surface area contributed by atoms with Crippen LogP contribution in [-0.4, -0.2) is 18.8 Å². The van der Waals surface area contributed by atoms with Crippen molar-refractivity contribution in [3.8, 4) is 0 Å². The van der Waals surface area contributed by atoms with Crippen LogP contribution in [0.15, 0.2) is 4.99 Å². The average Bonchev–Trinajstić information content (AvgIpc) is 1.99. The van der Waals surface area contributed by atoms with Gasteiger partial charge in [-0.25, -0.2) is 5.43 Å². The lowest BCUT2D eigenvalue weighted by atomic mass is 10.3. The molecule has 0 spiro atoms. The van der Waals surface area contributed by atoms with Crippen molar-refractivity contribution in [1.29, 1.82) is 0 Å². The highest BCUT2D eigenvalue weighted by Crippen LogP contribution is 1.85. The smallest absolute Gasteiger partial charge is 0.0545 e. The van der Waals surface area contributed by atoms with Crippen molar-refractivity contribution in [2.24, 2.45) is 10.8 Å². The van der Waals surface area contributed by atoms with Crippen LogP contribution in [0.1, 0.15) is 26.7 Å². The third kappa shape index (κ3) is 7.45. The van der Waals surface area contributed by atoms with E-state index in [-0.39, 0.29) is 6.04 Å². The van der Waals surface area contributed by atoms with Crippen LogP contribution in [-0.2, 0) is 0 Å². The van der Waals surface area contributed by atoms with Crippen LogP contribution in [0.4, 0.5) is 0 Å². The van der Waals surface area contributed by atoms with Gasteiger partial charge in [0.15, 0.2) is 0 Å². The summed E-state index contributed by atoms with van der Waals surface area (Å²) in [5.41, 5.74) is 5.17. The predicted octanol–water partition coefficient (Wildman–Crippen LogP) is 0.214. The molecule has 0 aliphatic carbocycles. The lowest BCUT2D eigenvalue weighted by Gasteiger charge is -2.05. The molecule has 0 unspecified atom stereocenters. The molecular weight excluding hydrogens is 140 g/mol. The summed E-state index contributed by atoms with van der Waals surface area (Å²) in [7, 11) is 0. The molecule has 1 atom stereocenters. The fourth-order valence-corrected chi connectivity index (χ4v) is 0.651. The highest BCUT2D eigenvalue weighted by Gasteiger charge is 1.91. The summed E-state index contributed by atoms with van der Waals surface area (Å²) in [6.45, 7) is 5.04. The summed E-state index contributed by atoms with van der Waals surface area (Å²) in [5, 5.41) is 0. The van der Waals surface area contributed by atoms with Crippen LogP contribution in [0.3, 0.4) is 0 Å². The van der Waals surface area contributed by atoms with Crippen molar-refractivity contribution in [2.75, 3.05) is 6.54 Å². The third-order valence-corrected chi connectivity index (χ3v) is 1.28. The number of hydrazine groups is 2. The van der Waals surface area contributed by atoms with Gasteiger partial charge in [-0.1, -0.05) is 13.3 Å². The van der Waals surface area contributed by atoms with Gasteiger partial charge in [0, 0.05) is 12.8 Å². The number of nitrogens with two attached hydrogens (primary N) is 1. The molecule has 11 heavy (non-hydrogen) atoms. The summed E-state index contributed by atoms with van der Waals surface area (Å²) < 4.78 is 0. The topological polar surface area (TPSA) is 62.4 Å². The fraction of sp³-hybridized carbons (Fsp3) is 0.857. The zero-order valence-electron chi connectivity index (χ0n) is 7.30. The SMILES string of the molecule is CCCCN=C[C@H](C)NNN. The second-order valence-electron chi connectivity index (χ2n) is 2.49. The van der Waals surface area contributed by atoms with Gasteiger partial charge < -0.3 is 0 Å². The lowest BCUT2D eigenvalue weighted by Crippen LogP contribution is -2.44. The summed E-state index contributed by atoms with van der Waals surface area (Å²) in [6.07, 6.45) is 4.20. The summed E-state index contributed by atoms with van der Waals surface area (Å²) >= 11 is 0. The first kappa shape index (κ1) is 10.6. The van der Waals surface area contributed by atoms with Gasteiger partial charge in [-0.15, -0.1) is 0 Å². The van der Waals surface area contributed by atoms with Crippen LogP contribution in [0.5, 0.6) is 0 Å². The lowest BCUT2D eigenvalue weighted by molar-refractivity contribution is 0.536. The fourth-order valence-electron chi connectivity index (χ4n) is 0.651. The molecule has 4 N–H and O–H groups in total. The number of unbranched alkanes of at least 4 members (excludes halogenated alkanes) is 1. The van der Waals surface area contributed by atoms with Gasteiger partial charge in [-0.3, -0.25) is 10.8 Å². The zero-order valence-corrected chi connectivity index (χ0v) is 7.30. The number of hydrogen-bond donors (Lipinski definition) is 3. The summed E-state index contributed by atoms with van der Waals surface area (Å²) in [6, 6.07) is 0.192. The molecule has 4 heteroatoms. The van der Waals surface area contributed by atoms with Crippen LogP contribution in [0.25, 0.3) is 0 Å². The van der Waals surface area contributed by atoms with Crippen molar-refractivity contribution >= 4 is 6.21 Å². The van der Waals surface area contributed by atoms with Crippen LogP contribution in [0.2, 0.25) is 0 Å². The molecule has 0 aliphatic rings. The predicted molar refractivity (Wildman–Crippen MR) is 48.2 cm³/mol. The summed E-state index contributed by atoms with van der Waals surface area (Å²) in [5.74, 6) is 5.04. The molecular formula is C7H18N4. The van der Waals surface area contributed by atoms with E-state index in [1.54, 1.807) is 0 Å². The van der Waals surface area contributed by atoms with E-state index >= 15 is 0 Å². The van der Waals surface area contributed by atoms with E-state index < -0.39 is 0 Å². The molecule has 0 bridgehead atoms. The highest BCUT2D eigenvalue weighted by molar-refractivity contribution is 5.63.